The van der Waals surface area contributed by atoms with Crippen molar-refractivity contribution in [2.24, 2.45) is 0 Å². The Bertz CT molecular complexity index is 494. The molecule has 0 aliphatic heterocycles. The van der Waals surface area contributed by atoms with E-state index in [-0.39, 0.29) is 12.1 Å². The zero-order chi connectivity index (χ0) is 15.9. The van der Waals surface area contributed by atoms with Gasteiger partial charge in [-0.3, -0.25) is 0 Å². The molecule has 0 amide bonds. The van der Waals surface area contributed by atoms with Crippen LogP contribution < -0.4 is 5.73 Å². The quantitative estimate of drug-likeness (QED) is 0.769. The molecule has 1 aliphatic rings. The Morgan fingerprint density at radius 1 is 1.00 bits per heavy atom. The van der Waals surface area contributed by atoms with Gasteiger partial charge in [0.1, 0.15) is 5.00 Å². The standard InChI is InChI=1S/C18H29NO2S/c1-13(2)21-18(20)16-14-11-9-7-5-3-4-6-8-10-12-15(14)22-17(16)19/h13H,3-12,19H2,1-2H3. The number of hydrogen-bond donors (Lipinski definition) is 1. The summed E-state index contributed by atoms with van der Waals surface area (Å²) in [4.78, 5) is 13.7. The van der Waals surface area contributed by atoms with Crippen molar-refractivity contribution in [2.75, 3.05) is 5.73 Å². The number of nitrogen functional groups attached to an aromatic ring is 1. The van der Waals surface area contributed by atoms with E-state index in [1.54, 1.807) is 11.3 Å². The maximum atomic E-state index is 12.4. The fourth-order valence-electron chi connectivity index (χ4n) is 3.14. The maximum Gasteiger partial charge on any atom is 0.341 e. The van der Waals surface area contributed by atoms with Gasteiger partial charge in [0.15, 0.2) is 0 Å². The molecule has 124 valence electrons. The van der Waals surface area contributed by atoms with Gasteiger partial charge < -0.3 is 10.5 Å². The Balaban J connectivity index is 2.21. The molecule has 0 unspecified atom stereocenters. The molecule has 4 heteroatoms. The van der Waals surface area contributed by atoms with Gasteiger partial charge in [-0.25, -0.2) is 4.79 Å². The van der Waals surface area contributed by atoms with Crippen molar-refractivity contribution in [1.82, 2.24) is 0 Å². The first-order valence-corrected chi connectivity index (χ1v) is 9.52. The molecule has 0 aromatic carbocycles. The van der Waals surface area contributed by atoms with Crippen molar-refractivity contribution in [3.05, 3.63) is 16.0 Å². The first-order valence-electron chi connectivity index (χ1n) is 8.70. The van der Waals surface area contributed by atoms with Crippen LogP contribution in [0.2, 0.25) is 0 Å². The number of fused-ring (bicyclic) bond motifs is 1. The molecule has 0 spiro atoms. The molecule has 0 atom stereocenters. The molecule has 0 bridgehead atoms. The van der Waals surface area contributed by atoms with Crippen LogP contribution in [0.25, 0.3) is 0 Å². The minimum Gasteiger partial charge on any atom is -0.459 e. The van der Waals surface area contributed by atoms with Gasteiger partial charge in [-0.05, 0) is 45.1 Å². The Hall–Kier alpha value is -1.03. The van der Waals surface area contributed by atoms with Crippen molar-refractivity contribution in [3.8, 4) is 0 Å². The number of esters is 1. The van der Waals surface area contributed by atoms with Crippen molar-refractivity contribution >= 4 is 22.3 Å². The summed E-state index contributed by atoms with van der Waals surface area (Å²) >= 11 is 1.60. The Kier molecular flexibility index (Phi) is 6.74. The summed E-state index contributed by atoms with van der Waals surface area (Å²) in [5.41, 5.74) is 7.99. The second-order valence-corrected chi connectivity index (χ2v) is 7.66. The summed E-state index contributed by atoms with van der Waals surface area (Å²) in [6, 6.07) is 0. The molecule has 1 heterocycles. The number of anilines is 1. The van der Waals surface area contributed by atoms with Crippen LogP contribution in [0, 0.1) is 0 Å². The molecule has 1 aromatic rings. The lowest BCUT2D eigenvalue weighted by molar-refractivity contribution is 0.0378. The largest absolute Gasteiger partial charge is 0.459 e. The van der Waals surface area contributed by atoms with E-state index in [0.29, 0.717) is 10.6 Å². The van der Waals surface area contributed by atoms with Gasteiger partial charge in [0.05, 0.1) is 11.7 Å². The van der Waals surface area contributed by atoms with Crippen LogP contribution in [0.5, 0.6) is 0 Å². The molecule has 0 saturated heterocycles. The lowest BCUT2D eigenvalue weighted by Gasteiger charge is -2.11. The number of nitrogens with two attached hydrogens (primary N) is 1. The third-order valence-corrected chi connectivity index (χ3v) is 5.37. The lowest BCUT2D eigenvalue weighted by atomic mass is 9.97. The molecule has 1 aromatic heterocycles. The van der Waals surface area contributed by atoms with Gasteiger partial charge in [-0.1, -0.05) is 38.5 Å². The summed E-state index contributed by atoms with van der Waals surface area (Å²) in [5.74, 6) is -0.239. The predicted molar refractivity (Wildman–Crippen MR) is 93.6 cm³/mol. The monoisotopic (exact) mass is 323 g/mol. The van der Waals surface area contributed by atoms with Gasteiger partial charge in [0, 0.05) is 4.88 Å². The van der Waals surface area contributed by atoms with E-state index in [1.807, 2.05) is 13.8 Å². The Labute approximate surface area is 138 Å². The van der Waals surface area contributed by atoms with Crippen molar-refractivity contribution in [3.63, 3.8) is 0 Å². The number of aryl methyl sites for hydroxylation is 1. The van der Waals surface area contributed by atoms with Crippen LogP contribution in [0.15, 0.2) is 0 Å². The van der Waals surface area contributed by atoms with Crippen LogP contribution in [0.3, 0.4) is 0 Å². The van der Waals surface area contributed by atoms with Crippen LogP contribution in [-0.4, -0.2) is 12.1 Å². The average molecular weight is 324 g/mol. The van der Waals surface area contributed by atoms with Crippen LogP contribution in [-0.2, 0) is 17.6 Å². The molecular weight excluding hydrogens is 294 g/mol. The second-order valence-electron chi connectivity index (χ2n) is 6.53. The molecule has 0 saturated carbocycles. The van der Waals surface area contributed by atoms with E-state index in [9.17, 15) is 4.79 Å². The van der Waals surface area contributed by atoms with Crippen LogP contribution in [0.4, 0.5) is 5.00 Å². The van der Waals surface area contributed by atoms with E-state index < -0.39 is 0 Å². The number of rotatable bonds is 2. The number of carbonyl (C=O) groups is 1. The molecule has 0 radical (unpaired) electrons. The van der Waals surface area contributed by atoms with E-state index in [2.05, 4.69) is 0 Å². The first-order chi connectivity index (χ1) is 10.6. The normalized spacial score (nSPS) is 17.4. The van der Waals surface area contributed by atoms with E-state index in [0.717, 1.165) is 19.3 Å². The summed E-state index contributed by atoms with van der Waals surface area (Å²) in [5, 5.41) is 0.644. The van der Waals surface area contributed by atoms with Gasteiger partial charge >= 0.3 is 5.97 Å². The third kappa shape index (κ3) is 4.73. The number of ether oxygens (including phenoxy) is 1. The molecule has 0 fully saturated rings. The molecule has 2 N–H and O–H groups in total. The zero-order valence-electron chi connectivity index (χ0n) is 14.0. The zero-order valence-corrected chi connectivity index (χ0v) is 14.8. The summed E-state index contributed by atoms with van der Waals surface area (Å²) in [7, 11) is 0. The average Bonchev–Trinajstić information content (AvgIpc) is 2.74. The highest BCUT2D eigenvalue weighted by Crippen LogP contribution is 2.35. The highest BCUT2D eigenvalue weighted by atomic mass is 32.1. The van der Waals surface area contributed by atoms with Gasteiger partial charge in [0.25, 0.3) is 0 Å². The molecule has 3 nitrogen and oxygen atoms in total. The van der Waals surface area contributed by atoms with Crippen molar-refractivity contribution in [1.29, 1.82) is 0 Å². The first kappa shape index (κ1) is 17.3. The fraction of sp³-hybridized carbons (Fsp3) is 0.722. The van der Waals surface area contributed by atoms with Gasteiger partial charge in [-0.2, -0.15) is 0 Å². The minimum atomic E-state index is -0.239. The Morgan fingerprint density at radius 3 is 2.14 bits per heavy atom. The second kappa shape index (κ2) is 8.56. The van der Waals surface area contributed by atoms with E-state index in [4.69, 9.17) is 10.5 Å². The predicted octanol–water partition coefficient (Wildman–Crippen LogP) is 5.11. The highest BCUT2D eigenvalue weighted by Gasteiger charge is 2.23. The molecule has 2 rings (SSSR count). The van der Waals surface area contributed by atoms with Crippen molar-refractivity contribution in [2.45, 2.75) is 84.2 Å². The SMILES string of the molecule is CC(C)OC(=O)c1c(N)sc2c1CCCCCCCCCC2. The maximum absolute atomic E-state index is 12.4. The van der Waals surface area contributed by atoms with E-state index in [1.165, 1.54) is 55.4 Å². The van der Waals surface area contributed by atoms with Gasteiger partial charge in [-0.15, -0.1) is 11.3 Å². The third-order valence-electron chi connectivity index (χ3n) is 4.25. The molecular formula is C18H29NO2S. The summed E-state index contributed by atoms with van der Waals surface area (Å²) in [6.45, 7) is 3.76. The lowest BCUT2D eigenvalue weighted by Crippen LogP contribution is -2.14. The summed E-state index contributed by atoms with van der Waals surface area (Å²) < 4.78 is 5.40. The van der Waals surface area contributed by atoms with Gasteiger partial charge in [0.2, 0.25) is 0 Å². The number of hydrogen-bond acceptors (Lipinski definition) is 4. The summed E-state index contributed by atoms with van der Waals surface area (Å²) in [6.07, 6.45) is 12.1. The fourth-order valence-corrected chi connectivity index (χ4v) is 4.29. The van der Waals surface area contributed by atoms with Crippen LogP contribution in [0.1, 0.15) is 86.0 Å². The minimum absolute atomic E-state index is 0.103. The van der Waals surface area contributed by atoms with Crippen molar-refractivity contribution < 1.29 is 9.53 Å². The van der Waals surface area contributed by atoms with E-state index >= 15 is 0 Å². The number of carbonyl (C=O) groups excluding carboxylic acids is 1. The molecule has 1 aliphatic carbocycles. The number of thiophene rings is 1. The van der Waals surface area contributed by atoms with Crippen LogP contribution >= 0.6 is 11.3 Å². The Morgan fingerprint density at radius 2 is 1.55 bits per heavy atom. The smallest absolute Gasteiger partial charge is 0.341 e. The topological polar surface area (TPSA) is 52.3 Å². The highest BCUT2D eigenvalue weighted by molar-refractivity contribution is 7.16. The molecule has 22 heavy (non-hydrogen) atoms.